The topological polar surface area (TPSA) is 41.1 Å². The van der Waals surface area contributed by atoms with Gasteiger partial charge in [0.1, 0.15) is 0 Å². The van der Waals surface area contributed by atoms with Crippen LogP contribution in [0.5, 0.6) is 0 Å². The zero-order valence-electron chi connectivity index (χ0n) is 10.9. The number of rotatable bonds is 4. The monoisotopic (exact) mass is 226 g/mol. The van der Waals surface area contributed by atoms with Gasteiger partial charge in [0.05, 0.1) is 0 Å². The Bertz CT molecular complexity index is 208. The first-order chi connectivity index (χ1) is 7.61. The van der Waals surface area contributed by atoms with Gasteiger partial charge in [0.15, 0.2) is 0 Å². The molecule has 2 amide bonds. The Morgan fingerprint density at radius 3 is 2.25 bits per heavy atom. The van der Waals surface area contributed by atoms with E-state index in [9.17, 15) is 4.79 Å². The summed E-state index contributed by atoms with van der Waals surface area (Å²) in [6.07, 6.45) is 6.55. The molecule has 0 atom stereocenters. The molecule has 16 heavy (non-hydrogen) atoms. The minimum atomic E-state index is -0.0207. The van der Waals surface area contributed by atoms with Gasteiger partial charge in [-0.15, -0.1) is 0 Å². The summed E-state index contributed by atoms with van der Waals surface area (Å²) in [6.45, 7) is 7.08. The Morgan fingerprint density at radius 2 is 1.75 bits per heavy atom. The number of carbonyl (C=O) groups is 1. The van der Waals surface area contributed by atoms with Crippen molar-refractivity contribution in [1.82, 2.24) is 10.6 Å². The molecule has 0 aromatic carbocycles. The van der Waals surface area contributed by atoms with Crippen LogP contribution in [0, 0.1) is 11.8 Å². The molecule has 94 valence electrons. The van der Waals surface area contributed by atoms with Gasteiger partial charge in [-0.2, -0.15) is 0 Å². The lowest BCUT2D eigenvalue weighted by atomic mass is 9.81. The van der Waals surface area contributed by atoms with E-state index in [-0.39, 0.29) is 12.1 Å². The van der Waals surface area contributed by atoms with Crippen LogP contribution in [0.4, 0.5) is 4.79 Å². The number of amides is 2. The molecular formula is C13H26N2O. The molecule has 0 bridgehead atoms. The highest BCUT2D eigenvalue weighted by atomic mass is 16.2. The third kappa shape index (κ3) is 4.86. The minimum absolute atomic E-state index is 0.0207. The van der Waals surface area contributed by atoms with Gasteiger partial charge in [0.2, 0.25) is 0 Å². The van der Waals surface area contributed by atoms with Crippen LogP contribution in [-0.2, 0) is 0 Å². The van der Waals surface area contributed by atoms with Crippen molar-refractivity contribution < 1.29 is 4.79 Å². The Balaban J connectivity index is 2.12. The lowest BCUT2D eigenvalue weighted by Gasteiger charge is -2.27. The van der Waals surface area contributed by atoms with E-state index in [0.29, 0.717) is 5.92 Å². The maximum absolute atomic E-state index is 11.4. The third-order valence-electron chi connectivity index (χ3n) is 3.51. The molecule has 3 nitrogen and oxygen atoms in total. The van der Waals surface area contributed by atoms with Crippen molar-refractivity contribution in [2.45, 2.75) is 58.9 Å². The van der Waals surface area contributed by atoms with Crippen molar-refractivity contribution in [3.63, 3.8) is 0 Å². The first kappa shape index (κ1) is 13.3. The summed E-state index contributed by atoms with van der Waals surface area (Å²) >= 11 is 0. The highest BCUT2D eigenvalue weighted by Crippen LogP contribution is 2.29. The predicted octanol–water partition coefficient (Wildman–Crippen LogP) is 2.91. The van der Waals surface area contributed by atoms with Crippen LogP contribution in [0.15, 0.2) is 0 Å². The first-order valence-electron chi connectivity index (χ1n) is 6.66. The quantitative estimate of drug-likeness (QED) is 0.760. The standard InChI is InChI=1S/C13H26N2O/c1-4-11-5-7-12(8-6-11)9-14-13(16)15-10(2)3/h10-12H,4-9H2,1-3H3,(H2,14,15,16). The number of nitrogens with one attached hydrogen (secondary N) is 2. The van der Waals surface area contributed by atoms with E-state index in [0.717, 1.165) is 12.5 Å². The smallest absolute Gasteiger partial charge is 0.314 e. The zero-order chi connectivity index (χ0) is 12.0. The number of carbonyl (C=O) groups excluding carboxylic acids is 1. The SMILES string of the molecule is CCC1CCC(CNC(=O)NC(C)C)CC1. The Hall–Kier alpha value is -0.730. The van der Waals surface area contributed by atoms with Gasteiger partial charge < -0.3 is 10.6 Å². The second kappa shape index (κ2) is 6.77. The lowest BCUT2D eigenvalue weighted by molar-refractivity contribution is 0.228. The minimum Gasteiger partial charge on any atom is -0.338 e. The van der Waals surface area contributed by atoms with Crippen LogP contribution in [0.3, 0.4) is 0 Å². The molecular weight excluding hydrogens is 200 g/mol. The molecule has 1 fully saturated rings. The van der Waals surface area contributed by atoms with Gasteiger partial charge in [0, 0.05) is 12.6 Å². The van der Waals surface area contributed by atoms with Gasteiger partial charge in [-0.25, -0.2) is 4.79 Å². The van der Waals surface area contributed by atoms with Crippen LogP contribution in [0.2, 0.25) is 0 Å². The Morgan fingerprint density at radius 1 is 1.19 bits per heavy atom. The Kier molecular flexibility index (Phi) is 5.64. The molecule has 3 heteroatoms. The molecule has 1 aliphatic rings. The van der Waals surface area contributed by atoms with Gasteiger partial charge in [-0.3, -0.25) is 0 Å². The molecule has 1 saturated carbocycles. The van der Waals surface area contributed by atoms with E-state index in [2.05, 4.69) is 17.6 Å². The van der Waals surface area contributed by atoms with Gasteiger partial charge in [-0.1, -0.05) is 26.2 Å². The van der Waals surface area contributed by atoms with Crippen molar-refractivity contribution in [2.75, 3.05) is 6.54 Å². The normalized spacial score (nSPS) is 25.5. The molecule has 0 heterocycles. The number of hydrogen-bond donors (Lipinski definition) is 2. The zero-order valence-corrected chi connectivity index (χ0v) is 10.9. The highest BCUT2D eigenvalue weighted by Gasteiger charge is 2.20. The molecule has 1 aliphatic carbocycles. The summed E-state index contributed by atoms with van der Waals surface area (Å²) in [4.78, 5) is 11.4. The summed E-state index contributed by atoms with van der Waals surface area (Å²) in [5.41, 5.74) is 0. The molecule has 2 N–H and O–H groups in total. The van der Waals surface area contributed by atoms with Crippen LogP contribution in [0.25, 0.3) is 0 Å². The van der Waals surface area contributed by atoms with Crippen molar-refractivity contribution in [2.24, 2.45) is 11.8 Å². The summed E-state index contributed by atoms with van der Waals surface area (Å²) in [5, 5.41) is 5.82. The third-order valence-corrected chi connectivity index (χ3v) is 3.51. The van der Waals surface area contributed by atoms with Crippen LogP contribution >= 0.6 is 0 Å². The average molecular weight is 226 g/mol. The molecule has 1 rings (SSSR count). The fraction of sp³-hybridized carbons (Fsp3) is 0.923. The summed E-state index contributed by atoms with van der Waals surface area (Å²) in [5.74, 6) is 1.63. The molecule has 0 unspecified atom stereocenters. The maximum Gasteiger partial charge on any atom is 0.314 e. The average Bonchev–Trinajstić information content (AvgIpc) is 2.26. The lowest BCUT2D eigenvalue weighted by Crippen LogP contribution is -2.41. The fourth-order valence-corrected chi connectivity index (χ4v) is 2.39. The van der Waals surface area contributed by atoms with Crippen molar-refractivity contribution in [3.8, 4) is 0 Å². The van der Waals surface area contributed by atoms with Crippen molar-refractivity contribution in [3.05, 3.63) is 0 Å². The molecule has 0 spiro atoms. The van der Waals surface area contributed by atoms with Gasteiger partial charge in [-0.05, 0) is 38.5 Å². The fourth-order valence-electron chi connectivity index (χ4n) is 2.39. The van der Waals surface area contributed by atoms with E-state index in [1.54, 1.807) is 0 Å². The molecule has 0 saturated heterocycles. The van der Waals surface area contributed by atoms with Crippen LogP contribution in [0.1, 0.15) is 52.9 Å². The molecule has 0 aliphatic heterocycles. The summed E-state index contributed by atoms with van der Waals surface area (Å²) in [7, 11) is 0. The van der Waals surface area contributed by atoms with E-state index in [1.807, 2.05) is 13.8 Å². The predicted molar refractivity (Wildman–Crippen MR) is 67.4 cm³/mol. The Labute approximate surface area is 99.4 Å². The first-order valence-corrected chi connectivity index (χ1v) is 6.66. The number of urea groups is 1. The van der Waals surface area contributed by atoms with E-state index in [4.69, 9.17) is 0 Å². The number of hydrogen-bond acceptors (Lipinski definition) is 1. The largest absolute Gasteiger partial charge is 0.338 e. The second-order valence-electron chi connectivity index (χ2n) is 5.30. The van der Waals surface area contributed by atoms with Crippen molar-refractivity contribution >= 4 is 6.03 Å². The molecule has 0 radical (unpaired) electrons. The van der Waals surface area contributed by atoms with Crippen LogP contribution < -0.4 is 10.6 Å². The summed E-state index contributed by atoms with van der Waals surface area (Å²) < 4.78 is 0. The van der Waals surface area contributed by atoms with Gasteiger partial charge >= 0.3 is 6.03 Å². The van der Waals surface area contributed by atoms with Crippen LogP contribution in [-0.4, -0.2) is 18.6 Å². The second-order valence-corrected chi connectivity index (χ2v) is 5.30. The van der Waals surface area contributed by atoms with Gasteiger partial charge in [0.25, 0.3) is 0 Å². The van der Waals surface area contributed by atoms with E-state index in [1.165, 1.54) is 32.1 Å². The van der Waals surface area contributed by atoms with E-state index >= 15 is 0 Å². The molecule has 0 aromatic rings. The molecule has 0 aromatic heterocycles. The van der Waals surface area contributed by atoms with E-state index < -0.39 is 0 Å². The summed E-state index contributed by atoms with van der Waals surface area (Å²) in [6, 6.07) is 0.198. The van der Waals surface area contributed by atoms with Crippen molar-refractivity contribution in [1.29, 1.82) is 0 Å². The maximum atomic E-state index is 11.4. The highest BCUT2D eigenvalue weighted by molar-refractivity contribution is 5.74.